The minimum absolute atomic E-state index is 0.142. The maximum atomic E-state index is 10.9. The molecule has 90 valence electrons. The first kappa shape index (κ1) is 13.0. The second-order valence-electron chi connectivity index (χ2n) is 4.85. The molecule has 0 aromatic carbocycles. The third-order valence-electron chi connectivity index (χ3n) is 3.11. The van der Waals surface area contributed by atoms with Crippen LogP contribution in [0.3, 0.4) is 0 Å². The van der Waals surface area contributed by atoms with E-state index in [1.165, 1.54) is 18.4 Å². The molecule has 3 heteroatoms. The van der Waals surface area contributed by atoms with E-state index in [2.05, 4.69) is 30.5 Å². The Labute approximate surface area is 98.2 Å². The normalized spacial score (nSPS) is 22.6. The molecule has 0 aromatic rings. The smallest absolute Gasteiger partial charge is 0.237 e. The standard InChI is InChI=1S/C7H10.C6H12N2O/c1-7-5-3-2-4-6-7;1-6(2)7-4-5(9)8(6)3/h2-3,5H,4,6H2,1H3;7H,4H2,1-3H3. The average Bonchev–Trinajstić information content (AvgIpc) is 2.48. The Morgan fingerprint density at radius 1 is 1.44 bits per heavy atom. The summed E-state index contributed by atoms with van der Waals surface area (Å²) in [5.74, 6) is 0.167. The van der Waals surface area contributed by atoms with Crippen molar-refractivity contribution >= 4 is 5.91 Å². The lowest BCUT2D eigenvalue weighted by molar-refractivity contribution is -0.128. The predicted octanol–water partition coefficient (Wildman–Crippen LogP) is 2.07. The van der Waals surface area contributed by atoms with E-state index in [-0.39, 0.29) is 11.6 Å². The molecule has 0 aromatic heterocycles. The van der Waals surface area contributed by atoms with E-state index < -0.39 is 0 Å². The van der Waals surface area contributed by atoms with Gasteiger partial charge in [-0.25, -0.2) is 0 Å². The zero-order valence-electron chi connectivity index (χ0n) is 10.7. The SMILES string of the molecule is CC1=CC=CCC1.CN1C(=O)CNC1(C)C. The van der Waals surface area contributed by atoms with E-state index in [1.54, 1.807) is 4.90 Å². The number of rotatable bonds is 0. The topological polar surface area (TPSA) is 32.3 Å². The molecule has 1 aliphatic carbocycles. The van der Waals surface area contributed by atoms with Crippen molar-refractivity contribution in [2.75, 3.05) is 13.6 Å². The van der Waals surface area contributed by atoms with Crippen LogP contribution < -0.4 is 5.32 Å². The lowest BCUT2D eigenvalue weighted by Crippen LogP contribution is -2.44. The lowest BCUT2D eigenvalue weighted by atomic mass is 10.1. The second-order valence-corrected chi connectivity index (χ2v) is 4.85. The Morgan fingerprint density at radius 2 is 2.12 bits per heavy atom. The molecule has 2 rings (SSSR count). The summed E-state index contributed by atoms with van der Waals surface area (Å²) in [4.78, 5) is 12.6. The highest BCUT2D eigenvalue weighted by Crippen LogP contribution is 2.12. The fourth-order valence-electron chi connectivity index (χ4n) is 1.56. The molecule has 1 amide bonds. The molecule has 2 aliphatic rings. The van der Waals surface area contributed by atoms with Crippen molar-refractivity contribution in [3.63, 3.8) is 0 Å². The molecule has 1 fully saturated rings. The van der Waals surface area contributed by atoms with Gasteiger partial charge in [0.25, 0.3) is 0 Å². The molecule has 1 N–H and O–H groups in total. The average molecular weight is 222 g/mol. The van der Waals surface area contributed by atoms with Crippen molar-refractivity contribution in [3.05, 3.63) is 23.8 Å². The summed E-state index contributed by atoms with van der Waals surface area (Å²) in [6, 6.07) is 0. The quantitative estimate of drug-likeness (QED) is 0.680. The number of amides is 1. The van der Waals surface area contributed by atoms with Gasteiger partial charge in [-0.05, 0) is 33.6 Å². The molecule has 0 bridgehead atoms. The van der Waals surface area contributed by atoms with Crippen LogP contribution >= 0.6 is 0 Å². The fraction of sp³-hybridized carbons (Fsp3) is 0.615. The number of carbonyl (C=O) groups excluding carboxylic acids is 1. The fourth-order valence-corrected chi connectivity index (χ4v) is 1.56. The lowest BCUT2D eigenvalue weighted by Gasteiger charge is -2.26. The number of hydrogen-bond donors (Lipinski definition) is 1. The number of hydrogen-bond acceptors (Lipinski definition) is 2. The van der Waals surface area contributed by atoms with E-state index in [1.807, 2.05) is 20.9 Å². The number of likely N-dealkylation sites (N-methyl/N-ethyl adjacent to an activating group) is 1. The molecule has 0 saturated carbocycles. The summed E-state index contributed by atoms with van der Waals surface area (Å²) < 4.78 is 0. The van der Waals surface area contributed by atoms with Crippen LogP contribution in [0.4, 0.5) is 0 Å². The van der Waals surface area contributed by atoms with E-state index in [9.17, 15) is 4.79 Å². The summed E-state index contributed by atoms with van der Waals surface area (Å²) >= 11 is 0. The van der Waals surface area contributed by atoms with Crippen molar-refractivity contribution in [1.82, 2.24) is 10.2 Å². The third-order valence-corrected chi connectivity index (χ3v) is 3.11. The summed E-state index contributed by atoms with van der Waals surface area (Å²) in [5, 5.41) is 3.07. The van der Waals surface area contributed by atoms with E-state index >= 15 is 0 Å². The van der Waals surface area contributed by atoms with Crippen LogP contribution in [0, 0.1) is 0 Å². The van der Waals surface area contributed by atoms with E-state index in [0.29, 0.717) is 6.54 Å². The first-order chi connectivity index (χ1) is 7.43. The van der Waals surface area contributed by atoms with Gasteiger partial charge in [-0.3, -0.25) is 10.1 Å². The van der Waals surface area contributed by atoms with Crippen LogP contribution in [0.25, 0.3) is 0 Å². The first-order valence-corrected chi connectivity index (χ1v) is 5.77. The van der Waals surface area contributed by atoms with Crippen molar-refractivity contribution in [3.8, 4) is 0 Å². The van der Waals surface area contributed by atoms with Gasteiger partial charge in [0.15, 0.2) is 0 Å². The Balaban J connectivity index is 0.000000165. The highest BCUT2D eigenvalue weighted by Gasteiger charge is 2.33. The zero-order chi connectivity index (χ0) is 12.2. The molecule has 0 unspecified atom stereocenters. The molecule has 0 atom stereocenters. The number of nitrogens with zero attached hydrogens (tertiary/aromatic N) is 1. The van der Waals surface area contributed by atoms with Crippen molar-refractivity contribution in [1.29, 1.82) is 0 Å². The summed E-state index contributed by atoms with van der Waals surface area (Å²) in [5.41, 5.74) is 1.36. The Bertz CT molecular complexity index is 316. The summed E-state index contributed by atoms with van der Waals surface area (Å²) in [6.45, 7) is 6.61. The van der Waals surface area contributed by atoms with Crippen LogP contribution in [-0.2, 0) is 4.79 Å². The molecular weight excluding hydrogens is 200 g/mol. The van der Waals surface area contributed by atoms with Gasteiger partial charge < -0.3 is 4.90 Å². The van der Waals surface area contributed by atoms with Crippen LogP contribution in [-0.4, -0.2) is 30.1 Å². The van der Waals surface area contributed by atoms with Crippen LogP contribution in [0.15, 0.2) is 23.8 Å². The molecule has 3 nitrogen and oxygen atoms in total. The molecule has 0 spiro atoms. The van der Waals surface area contributed by atoms with Crippen molar-refractivity contribution < 1.29 is 4.79 Å². The van der Waals surface area contributed by atoms with Crippen molar-refractivity contribution in [2.45, 2.75) is 39.3 Å². The van der Waals surface area contributed by atoms with Crippen LogP contribution in [0.2, 0.25) is 0 Å². The summed E-state index contributed by atoms with van der Waals surface area (Å²) in [7, 11) is 1.81. The van der Waals surface area contributed by atoms with Gasteiger partial charge in [-0.1, -0.05) is 23.8 Å². The second kappa shape index (κ2) is 5.30. The van der Waals surface area contributed by atoms with Gasteiger partial charge in [0, 0.05) is 7.05 Å². The van der Waals surface area contributed by atoms with Crippen molar-refractivity contribution in [2.24, 2.45) is 0 Å². The molecule has 16 heavy (non-hydrogen) atoms. The number of carbonyl (C=O) groups is 1. The third kappa shape index (κ3) is 3.49. The Kier molecular flexibility index (Phi) is 4.30. The summed E-state index contributed by atoms with van der Waals surface area (Å²) in [6.07, 6.45) is 8.99. The van der Waals surface area contributed by atoms with E-state index in [4.69, 9.17) is 0 Å². The Hall–Kier alpha value is -1.09. The first-order valence-electron chi connectivity index (χ1n) is 5.77. The van der Waals surface area contributed by atoms with Gasteiger partial charge in [0.1, 0.15) is 0 Å². The van der Waals surface area contributed by atoms with E-state index in [0.717, 1.165) is 0 Å². The van der Waals surface area contributed by atoms with Gasteiger partial charge in [0.2, 0.25) is 5.91 Å². The van der Waals surface area contributed by atoms with Gasteiger partial charge >= 0.3 is 0 Å². The van der Waals surface area contributed by atoms with Gasteiger partial charge in [0.05, 0.1) is 12.2 Å². The largest absolute Gasteiger partial charge is 0.327 e. The zero-order valence-corrected chi connectivity index (χ0v) is 10.7. The predicted molar refractivity (Wildman–Crippen MR) is 67.0 cm³/mol. The highest BCUT2D eigenvalue weighted by atomic mass is 16.2. The maximum absolute atomic E-state index is 10.9. The molecule has 0 radical (unpaired) electrons. The van der Waals surface area contributed by atoms with Gasteiger partial charge in [-0.2, -0.15) is 0 Å². The maximum Gasteiger partial charge on any atom is 0.237 e. The number of allylic oxidation sites excluding steroid dienone is 4. The van der Waals surface area contributed by atoms with Gasteiger partial charge in [-0.15, -0.1) is 0 Å². The minimum Gasteiger partial charge on any atom is -0.327 e. The number of nitrogens with one attached hydrogen (secondary N) is 1. The molecular formula is C13H22N2O. The van der Waals surface area contributed by atoms with Crippen LogP contribution in [0.5, 0.6) is 0 Å². The monoisotopic (exact) mass is 222 g/mol. The Morgan fingerprint density at radius 3 is 2.31 bits per heavy atom. The van der Waals surface area contributed by atoms with Crippen LogP contribution in [0.1, 0.15) is 33.6 Å². The minimum atomic E-state index is -0.142. The molecule has 1 aliphatic heterocycles. The molecule has 1 heterocycles. The molecule has 1 saturated heterocycles. The highest BCUT2D eigenvalue weighted by molar-refractivity contribution is 5.80.